The first kappa shape index (κ1) is 22.2. The molecule has 0 aromatic heterocycles. The predicted molar refractivity (Wildman–Crippen MR) is 122 cm³/mol. The van der Waals surface area contributed by atoms with Crippen molar-refractivity contribution >= 4 is 34.8 Å². The zero-order chi connectivity index (χ0) is 22.7. The number of amides is 2. The fourth-order valence-corrected chi connectivity index (χ4v) is 4.76. The number of nitro benzene ring substituents is 1. The zero-order valence-electron chi connectivity index (χ0n) is 17.6. The van der Waals surface area contributed by atoms with Crippen LogP contribution >= 0.6 is 11.6 Å². The molecule has 1 saturated carbocycles. The van der Waals surface area contributed by atoms with Gasteiger partial charge in [-0.25, -0.2) is 0 Å². The molecular formula is C23H25ClN4O4. The molecule has 2 fully saturated rings. The third-order valence-corrected chi connectivity index (χ3v) is 6.57. The summed E-state index contributed by atoms with van der Waals surface area (Å²) >= 11 is 6.08. The van der Waals surface area contributed by atoms with Crippen molar-refractivity contribution in [2.45, 2.75) is 31.7 Å². The number of benzene rings is 2. The second kappa shape index (κ2) is 9.67. The highest BCUT2D eigenvalue weighted by Crippen LogP contribution is 2.27. The molecule has 32 heavy (non-hydrogen) atoms. The van der Waals surface area contributed by atoms with E-state index in [1.165, 1.54) is 37.8 Å². The molecule has 1 aliphatic heterocycles. The number of halogens is 1. The molecule has 0 atom stereocenters. The predicted octanol–water partition coefficient (Wildman–Crippen LogP) is 4.20. The van der Waals surface area contributed by atoms with Crippen LogP contribution in [0.3, 0.4) is 0 Å². The average Bonchev–Trinajstić information content (AvgIpc) is 3.34. The van der Waals surface area contributed by atoms with Crippen molar-refractivity contribution in [3.63, 3.8) is 0 Å². The molecule has 0 radical (unpaired) electrons. The molecule has 8 nitrogen and oxygen atoms in total. The number of rotatable bonds is 5. The highest BCUT2D eigenvalue weighted by atomic mass is 35.5. The van der Waals surface area contributed by atoms with Crippen LogP contribution in [-0.2, 0) is 0 Å². The fourth-order valence-electron chi connectivity index (χ4n) is 4.50. The van der Waals surface area contributed by atoms with Crippen LogP contribution in [0.4, 0.5) is 11.4 Å². The van der Waals surface area contributed by atoms with Crippen molar-refractivity contribution in [2.24, 2.45) is 0 Å². The number of hydrogen-bond donors (Lipinski definition) is 1. The summed E-state index contributed by atoms with van der Waals surface area (Å²) < 4.78 is 0. The van der Waals surface area contributed by atoms with E-state index in [1.54, 1.807) is 24.3 Å². The van der Waals surface area contributed by atoms with E-state index in [9.17, 15) is 19.7 Å². The molecule has 1 heterocycles. The SMILES string of the molecule is O=C(Nc1ccccc1C(=O)N1CCN(C2CCCC2)CC1)c1ccc([N+](=O)[O-])cc1Cl. The van der Waals surface area contributed by atoms with Gasteiger partial charge in [-0.3, -0.25) is 24.6 Å². The molecule has 2 aromatic carbocycles. The monoisotopic (exact) mass is 456 g/mol. The summed E-state index contributed by atoms with van der Waals surface area (Å²) in [5, 5.41) is 13.6. The maximum atomic E-state index is 13.2. The Morgan fingerprint density at radius 3 is 2.34 bits per heavy atom. The van der Waals surface area contributed by atoms with Gasteiger partial charge in [-0.05, 0) is 31.0 Å². The van der Waals surface area contributed by atoms with E-state index in [-0.39, 0.29) is 22.2 Å². The van der Waals surface area contributed by atoms with E-state index < -0.39 is 10.8 Å². The van der Waals surface area contributed by atoms with Crippen molar-refractivity contribution in [3.05, 3.63) is 68.7 Å². The maximum Gasteiger partial charge on any atom is 0.270 e. The van der Waals surface area contributed by atoms with Crippen LogP contribution < -0.4 is 5.32 Å². The highest BCUT2D eigenvalue weighted by molar-refractivity contribution is 6.34. The number of para-hydroxylation sites is 1. The number of hydrogen-bond acceptors (Lipinski definition) is 5. The Labute approximate surface area is 191 Å². The van der Waals surface area contributed by atoms with Gasteiger partial charge >= 0.3 is 0 Å². The summed E-state index contributed by atoms with van der Waals surface area (Å²) in [6.45, 7) is 3.05. The van der Waals surface area contributed by atoms with Gasteiger partial charge in [-0.2, -0.15) is 0 Å². The van der Waals surface area contributed by atoms with Gasteiger partial charge in [-0.1, -0.05) is 36.6 Å². The van der Waals surface area contributed by atoms with E-state index in [0.717, 1.165) is 19.2 Å². The van der Waals surface area contributed by atoms with Gasteiger partial charge in [0.05, 0.1) is 26.8 Å². The van der Waals surface area contributed by atoms with Gasteiger partial charge in [0.2, 0.25) is 0 Å². The Bertz CT molecular complexity index is 1030. The molecule has 1 saturated heterocycles. The molecule has 0 spiro atoms. The Hall–Kier alpha value is -2.97. The molecule has 2 aromatic rings. The summed E-state index contributed by atoms with van der Waals surface area (Å²) in [5.41, 5.74) is 0.701. The van der Waals surface area contributed by atoms with Crippen LogP contribution in [0.2, 0.25) is 5.02 Å². The van der Waals surface area contributed by atoms with Crippen LogP contribution in [0.5, 0.6) is 0 Å². The number of non-ortho nitro benzene ring substituents is 1. The van der Waals surface area contributed by atoms with Crippen molar-refractivity contribution < 1.29 is 14.5 Å². The number of carbonyl (C=O) groups excluding carboxylic acids is 2. The summed E-state index contributed by atoms with van der Waals surface area (Å²) in [4.78, 5) is 40.6. The van der Waals surface area contributed by atoms with Gasteiger partial charge in [0.25, 0.3) is 17.5 Å². The molecule has 1 N–H and O–H groups in total. The van der Waals surface area contributed by atoms with Crippen LogP contribution in [-0.4, -0.2) is 58.8 Å². The van der Waals surface area contributed by atoms with Gasteiger partial charge in [0.1, 0.15) is 0 Å². The minimum Gasteiger partial charge on any atom is -0.336 e. The van der Waals surface area contributed by atoms with E-state index >= 15 is 0 Å². The Morgan fingerprint density at radius 1 is 1.00 bits per heavy atom. The quantitative estimate of drug-likeness (QED) is 0.537. The zero-order valence-corrected chi connectivity index (χ0v) is 18.4. The number of piperazine rings is 1. The highest BCUT2D eigenvalue weighted by Gasteiger charge is 2.29. The Balaban J connectivity index is 1.45. The number of anilines is 1. The van der Waals surface area contributed by atoms with Gasteiger partial charge in [0, 0.05) is 44.4 Å². The summed E-state index contributed by atoms with van der Waals surface area (Å²) in [6.07, 6.45) is 5.06. The number of carbonyl (C=O) groups is 2. The molecule has 9 heteroatoms. The smallest absolute Gasteiger partial charge is 0.270 e. The molecule has 168 valence electrons. The van der Waals surface area contributed by atoms with Crippen molar-refractivity contribution in [3.8, 4) is 0 Å². The second-order valence-electron chi connectivity index (χ2n) is 8.19. The second-order valence-corrected chi connectivity index (χ2v) is 8.59. The van der Waals surface area contributed by atoms with Gasteiger partial charge < -0.3 is 10.2 Å². The number of nitrogens with one attached hydrogen (secondary N) is 1. The summed E-state index contributed by atoms with van der Waals surface area (Å²) in [6, 6.07) is 11.2. The first-order valence-electron chi connectivity index (χ1n) is 10.8. The first-order valence-corrected chi connectivity index (χ1v) is 11.2. The average molecular weight is 457 g/mol. The first-order chi connectivity index (χ1) is 15.4. The lowest BCUT2D eigenvalue weighted by Gasteiger charge is -2.38. The molecule has 1 aliphatic carbocycles. The summed E-state index contributed by atoms with van der Waals surface area (Å²) in [7, 11) is 0. The van der Waals surface area contributed by atoms with Crippen molar-refractivity contribution in [2.75, 3.05) is 31.5 Å². The molecular weight excluding hydrogens is 432 g/mol. The summed E-state index contributed by atoms with van der Waals surface area (Å²) in [5.74, 6) is -0.655. The van der Waals surface area contributed by atoms with Crippen molar-refractivity contribution in [1.82, 2.24) is 9.80 Å². The lowest BCUT2D eigenvalue weighted by molar-refractivity contribution is -0.384. The van der Waals surface area contributed by atoms with Crippen LogP contribution in [0.1, 0.15) is 46.4 Å². The van der Waals surface area contributed by atoms with E-state index in [4.69, 9.17) is 11.6 Å². The lowest BCUT2D eigenvalue weighted by Crippen LogP contribution is -2.51. The topological polar surface area (TPSA) is 95.8 Å². The van der Waals surface area contributed by atoms with Crippen molar-refractivity contribution in [1.29, 1.82) is 0 Å². The largest absolute Gasteiger partial charge is 0.336 e. The van der Waals surface area contributed by atoms with Crippen LogP contribution in [0.15, 0.2) is 42.5 Å². The molecule has 4 rings (SSSR count). The number of nitro groups is 1. The maximum absolute atomic E-state index is 13.2. The van der Waals surface area contributed by atoms with Crippen LogP contribution in [0, 0.1) is 10.1 Å². The molecule has 0 unspecified atom stereocenters. The van der Waals surface area contributed by atoms with Crippen LogP contribution in [0.25, 0.3) is 0 Å². The normalized spacial score (nSPS) is 17.3. The lowest BCUT2D eigenvalue weighted by atomic mass is 10.1. The third-order valence-electron chi connectivity index (χ3n) is 6.26. The fraction of sp³-hybridized carbons (Fsp3) is 0.391. The number of nitrogens with zero attached hydrogens (tertiary/aromatic N) is 3. The minimum atomic E-state index is -0.575. The molecule has 0 bridgehead atoms. The third kappa shape index (κ3) is 4.76. The molecule has 2 aliphatic rings. The van der Waals surface area contributed by atoms with Gasteiger partial charge in [-0.15, -0.1) is 0 Å². The Morgan fingerprint density at radius 2 is 1.69 bits per heavy atom. The van der Waals surface area contributed by atoms with E-state index in [2.05, 4.69) is 10.2 Å². The Kier molecular flexibility index (Phi) is 6.72. The minimum absolute atomic E-state index is 0.0245. The van der Waals surface area contributed by atoms with E-state index in [0.29, 0.717) is 30.4 Å². The van der Waals surface area contributed by atoms with Gasteiger partial charge in [0.15, 0.2) is 0 Å². The van der Waals surface area contributed by atoms with E-state index in [1.807, 2.05) is 4.90 Å². The molecule has 2 amide bonds. The standard InChI is InChI=1S/C23H25ClN4O4/c24-20-15-17(28(31)32)9-10-18(20)22(29)25-21-8-4-3-7-19(21)23(30)27-13-11-26(12-14-27)16-5-1-2-6-16/h3-4,7-10,15-16H,1-2,5-6,11-14H2,(H,25,29).